The molecule has 1 aliphatic heterocycles. The van der Waals surface area contributed by atoms with Crippen LogP contribution in [0.3, 0.4) is 0 Å². The van der Waals surface area contributed by atoms with Crippen LogP contribution in [0.15, 0.2) is 12.7 Å². The Hall–Kier alpha value is 0.01000. The molecule has 1 rings (SSSR count). The minimum atomic E-state index is 0.342. The maximum Gasteiger partial charge on any atom is 0.0244 e. The Balaban J connectivity index is 2.55. The zero-order chi connectivity index (χ0) is 14.5. The molecule has 2 unspecified atom stereocenters. The van der Waals surface area contributed by atoms with E-state index in [1.54, 1.807) is 0 Å². The second kappa shape index (κ2) is 7.70. The molecule has 1 aliphatic rings. The molecule has 2 atom stereocenters. The zero-order valence-corrected chi connectivity index (χ0v) is 14.2. The summed E-state index contributed by atoms with van der Waals surface area (Å²) in [5, 5.41) is 3.76. The molecule has 1 fully saturated rings. The van der Waals surface area contributed by atoms with Gasteiger partial charge in [0, 0.05) is 43.2 Å². The number of rotatable bonds is 6. The van der Waals surface area contributed by atoms with Crippen LogP contribution in [0.2, 0.25) is 0 Å². The van der Waals surface area contributed by atoms with Crippen LogP contribution in [0.1, 0.15) is 34.6 Å². The van der Waals surface area contributed by atoms with E-state index in [0.717, 1.165) is 18.2 Å². The average molecular weight is 285 g/mol. The third-order valence-electron chi connectivity index (χ3n) is 4.03. The lowest BCUT2D eigenvalue weighted by molar-refractivity contribution is 0.0687. The van der Waals surface area contributed by atoms with Gasteiger partial charge in [-0.3, -0.25) is 4.90 Å². The molecule has 2 nitrogen and oxygen atoms in total. The minimum absolute atomic E-state index is 0.342. The Morgan fingerprint density at radius 3 is 2.63 bits per heavy atom. The fourth-order valence-electron chi connectivity index (χ4n) is 2.67. The molecule has 1 saturated heterocycles. The van der Waals surface area contributed by atoms with Gasteiger partial charge < -0.3 is 5.32 Å². The van der Waals surface area contributed by atoms with Gasteiger partial charge in [0.2, 0.25) is 0 Å². The largest absolute Gasteiger partial charge is 0.311 e. The van der Waals surface area contributed by atoms with Gasteiger partial charge in [0.05, 0.1) is 0 Å². The van der Waals surface area contributed by atoms with E-state index in [1.807, 2.05) is 17.8 Å². The van der Waals surface area contributed by atoms with Crippen LogP contribution in [-0.2, 0) is 0 Å². The molecule has 0 saturated carbocycles. The van der Waals surface area contributed by atoms with Crippen molar-refractivity contribution in [2.45, 2.75) is 46.7 Å². The van der Waals surface area contributed by atoms with Crippen molar-refractivity contribution in [2.24, 2.45) is 11.3 Å². The van der Waals surface area contributed by atoms with Crippen molar-refractivity contribution in [1.29, 1.82) is 0 Å². The Bertz CT molecular complexity index is 270. The van der Waals surface area contributed by atoms with Crippen molar-refractivity contribution >= 4 is 11.8 Å². The number of nitrogens with zero attached hydrogens (tertiary/aromatic N) is 1. The third kappa shape index (κ3) is 5.49. The van der Waals surface area contributed by atoms with Crippen molar-refractivity contribution in [2.75, 3.05) is 31.1 Å². The summed E-state index contributed by atoms with van der Waals surface area (Å²) in [7, 11) is 0. The fourth-order valence-corrected chi connectivity index (χ4v) is 3.37. The van der Waals surface area contributed by atoms with E-state index in [-0.39, 0.29) is 0 Å². The number of hydrogen-bond acceptors (Lipinski definition) is 3. The van der Waals surface area contributed by atoms with Crippen molar-refractivity contribution in [3.8, 4) is 0 Å². The van der Waals surface area contributed by atoms with Crippen LogP contribution in [0.5, 0.6) is 0 Å². The first-order chi connectivity index (χ1) is 8.86. The van der Waals surface area contributed by atoms with E-state index in [0.29, 0.717) is 17.5 Å². The molecule has 0 amide bonds. The first-order valence-corrected chi connectivity index (χ1v) is 8.67. The molecular formula is C16H32N2S. The van der Waals surface area contributed by atoms with Crippen LogP contribution >= 0.6 is 11.8 Å². The van der Waals surface area contributed by atoms with Crippen molar-refractivity contribution < 1.29 is 0 Å². The smallest absolute Gasteiger partial charge is 0.0244 e. The quantitative estimate of drug-likeness (QED) is 0.595. The van der Waals surface area contributed by atoms with Crippen LogP contribution in [0, 0.1) is 11.3 Å². The zero-order valence-electron chi connectivity index (χ0n) is 13.4. The molecule has 0 bridgehead atoms. The van der Waals surface area contributed by atoms with Gasteiger partial charge in [-0.05, 0) is 11.3 Å². The van der Waals surface area contributed by atoms with Crippen molar-refractivity contribution in [3.63, 3.8) is 0 Å². The number of nitrogens with one attached hydrogen (secondary N) is 1. The molecular weight excluding hydrogens is 252 g/mol. The first kappa shape index (κ1) is 17.1. The van der Waals surface area contributed by atoms with Gasteiger partial charge >= 0.3 is 0 Å². The molecule has 0 aromatic rings. The normalized spacial score (nSPS) is 25.8. The first-order valence-electron chi connectivity index (χ1n) is 7.52. The van der Waals surface area contributed by atoms with Gasteiger partial charge in [-0.2, -0.15) is 11.8 Å². The molecule has 0 aromatic carbocycles. The summed E-state index contributed by atoms with van der Waals surface area (Å²) in [5.41, 5.74) is 0.342. The minimum Gasteiger partial charge on any atom is -0.311 e. The number of piperazine rings is 1. The van der Waals surface area contributed by atoms with E-state index in [2.05, 4.69) is 51.4 Å². The summed E-state index contributed by atoms with van der Waals surface area (Å²) < 4.78 is 0. The van der Waals surface area contributed by atoms with Gasteiger partial charge in [-0.15, -0.1) is 6.58 Å². The van der Waals surface area contributed by atoms with E-state index in [4.69, 9.17) is 0 Å². The number of thioether (sulfide) groups is 1. The topological polar surface area (TPSA) is 15.3 Å². The second-order valence-electron chi connectivity index (χ2n) is 7.00. The third-order valence-corrected chi connectivity index (χ3v) is 4.98. The Kier molecular flexibility index (Phi) is 6.92. The molecule has 0 spiro atoms. The monoisotopic (exact) mass is 284 g/mol. The molecule has 0 radical (unpaired) electrons. The Morgan fingerprint density at radius 1 is 1.42 bits per heavy atom. The molecule has 1 heterocycles. The van der Waals surface area contributed by atoms with Gasteiger partial charge in [-0.1, -0.05) is 40.7 Å². The van der Waals surface area contributed by atoms with E-state index >= 15 is 0 Å². The maximum absolute atomic E-state index is 3.79. The lowest BCUT2D eigenvalue weighted by Crippen LogP contribution is -2.61. The van der Waals surface area contributed by atoms with Crippen LogP contribution in [0.25, 0.3) is 0 Å². The van der Waals surface area contributed by atoms with Crippen LogP contribution < -0.4 is 5.32 Å². The fraction of sp³-hybridized carbons (Fsp3) is 0.875. The van der Waals surface area contributed by atoms with Gasteiger partial charge in [0.25, 0.3) is 0 Å². The molecule has 1 N–H and O–H groups in total. The number of hydrogen-bond donors (Lipinski definition) is 1. The summed E-state index contributed by atoms with van der Waals surface area (Å²) in [4.78, 5) is 2.70. The molecule has 0 aliphatic carbocycles. The summed E-state index contributed by atoms with van der Waals surface area (Å²) in [6.45, 7) is 19.0. The predicted octanol–water partition coefficient (Wildman–Crippen LogP) is 3.25. The summed E-state index contributed by atoms with van der Waals surface area (Å²) in [5.74, 6) is 3.01. The molecule has 3 heteroatoms. The SMILES string of the molecule is C=CCSCCN1CC(C(C)(C)C)NCC1C(C)C. The lowest BCUT2D eigenvalue weighted by Gasteiger charge is -2.46. The highest BCUT2D eigenvalue weighted by atomic mass is 32.2. The molecule has 19 heavy (non-hydrogen) atoms. The Labute approximate surface area is 124 Å². The van der Waals surface area contributed by atoms with E-state index < -0.39 is 0 Å². The van der Waals surface area contributed by atoms with Crippen molar-refractivity contribution in [1.82, 2.24) is 10.2 Å². The van der Waals surface area contributed by atoms with Gasteiger partial charge in [0.15, 0.2) is 0 Å². The van der Waals surface area contributed by atoms with Crippen molar-refractivity contribution in [3.05, 3.63) is 12.7 Å². The summed E-state index contributed by atoms with van der Waals surface area (Å²) in [6, 6.07) is 1.29. The van der Waals surface area contributed by atoms with Crippen LogP contribution in [0.4, 0.5) is 0 Å². The van der Waals surface area contributed by atoms with Gasteiger partial charge in [-0.25, -0.2) is 0 Å². The predicted molar refractivity (Wildman–Crippen MR) is 89.0 cm³/mol. The highest BCUT2D eigenvalue weighted by Gasteiger charge is 2.34. The summed E-state index contributed by atoms with van der Waals surface area (Å²) in [6.07, 6.45) is 2.00. The molecule has 0 aromatic heterocycles. The molecule has 112 valence electrons. The standard InChI is InChI=1S/C16H32N2S/c1-7-9-19-10-8-18-12-15(16(4,5)6)17-11-14(18)13(2)3/h7,13-15,17H,1,8-12H2,2-6H3. The van der Waals surface area contributed by atoms with E-state index in [1.165, 1.54) is 18.8 Å². The summed E-state index contributed by atoms with van der Waals surface area (Å²) >= 11 is 1.99. The maximum atomic E-state index is 3.79. The van der Waals surface area contributed by atoms with E-state index in [9.17, 15) is 0 Å². The lowest BCUT2D eigenvalue weighted by atomic mass is 9.83. The highest BCUT2D eigenvalue weighted by molar-refractivity contribution is 7.99. The van der Waals surface area contributed by atoms with Crippen LogP contribution in [-0.4, -0.2) is 48.1 Å². The highest BCUT2D eigenvalue weighted by Crippen LogP contribution is 2.25. The Morgan fingerprint density at radius 2 is 2.11 bits per heavy atom. The average Bonchev–Trinajstić information content (AvgIpc) is 2.33. The van der Waals surface area contributed by atoms with Gasteiger partial charge in [0.1, 0.15) is 0 Å². The second-order valence-corrected chi connectivity index (χ2v) is 8.15.